The van der Waals surface area contributed by atoms with Crippen molar-refractivity contribution in [1.82, 2.24) is 24.2 Å². The zero-order valence-electron chi connectivity index (χ0n) is 17.6. The average molecular weight is 450 g/mol. The van der Waals surface area contributed by atoms with Gasteiger partial charge in [0, 0.05) is 31.7 Å². The Hall–Kier alpha value is -2.14. The first-order chi connectivity index (χ1) is 14.3. The van der Waals surface area contributed by atoms with Crippen molar-refractivity contribution in [2.24, 2.45) is 0 Å². The molecule has 0 bridgehead atoms. The minimum absolute atomic E-state index is 0.0388. The molecule has 10 heteroatoms. The Morgan fingerprint density at radius 2 is 1.83 bits per heavy atom. The first kappa shape index (κ1) is 22.5. The van der Waals surface area contributed by atoms with E-state index in [2.05, 4.69) is 15.4 Å². The normalized spacial score (nSPS) is 13.2. The quantitative estimate of drug-likeness (QED) is 0.539. The lowest BCUT2D eigenvalue weighted by Gasteiger charge is -2.19. The van der Waals surface area contributed by atoms with Gasteiger partial charge < -0.3 is 5.32 Å². The highest BCUT2D eigenvalue weighted by molar-refractivity contribution is 7.89. The highest BCUT2D eigenvalue weighted by atomic mass is 32.2. The topological polar surface area (TPSA) is 96.7 Å². The smallest absolute Gasteiger partial charge is 0.275 e. The van der Waals surface area contributed by atoms with Gasteiger partial charge in [-0.2, -0.15) is 13.9 Å². The second kappa shape index (κ2) is 9.34. The fourth-order valence-corrected chi connectivity index (χ4v) is 5.46. The van der Waals surface area contributed by atoms with Crippen LogP contribution in [0.3, 0.4) is 0 Å². The van der Waals surface area contributed by atoms with Crippen LogP contribution in [0, 0.1) is 0 Å². The van der Waals surface area contributed by atoms with Crippen molar-refractivity contribution in [3.05, 3.63) is 57.0 Å². The highest BCUT2D eigenvalue weighted by Crippen LogP contribution is 2.20. The predicted molar refractivity (Wildman–Crippen MR) is 118 cm³/mol. The van der Waals surface area contributed by atoms with Gasteiger partial charge in [-0.3, -0.25) is 4.79 Å². The Balaban J connectivity index is 1.71. The van der Waals surface area contributed by atoms with Crippen molar-refractivity contribution in [3.63, 3.8) is 0 Å². The van der Waals surface area contributed by atoms with Gasteiger partial charge >= 0.3 is 0 Å². The van der Waals surface area contributed by atoms with Crippen LogP contribution in [-0.2, 0) is 23.0 Å². The van der Waals surface area contributed by atoms with Gasteiger partial charge in [0.1, 0.15) is 5.01 Å². The summed E-state index contributed by atoms with van der Waals surface area (Å²) in [5.41, 5.74) is 1.42. The second-order valence-electron chi connectivity index (χ2n) is 6.89. The van der Waals surface area contributed by atoms with Gasteiger partial charge in [0.2, 0.25) is 15.0 Å². The van der Waals surface area contributed by atoms with Crippen molar-refractivity contribution in [2.45, 2.75) is 51.6 Å². The van der Waals surface area contributed by atoms with Crippen molar-refractivity contribution >= 4 is 26.3 Å². The van der Waals surface area contributed by atoms with E-state index in [9.17, 15) is 13.2 Å². The Kier molecular flexibility index (Phi) is 7.02. The molecule has 0 saturated carbocycles. The maximum absolute atomic E-state index is 12.6. The number of benzene rings is 1. The Bertz CT molecular complexity index is 1170. The lowest BCUT2D eigenvalue weighted by atomic mass is 10.1. The van der Waals surface area contributed by atoms with Crippen molar-refractivity contribution < 1.29 is 8.42 Å². The van der Waals surface area contributed by atoms with Gasteiger partial charge in [-0.05, 0) is 31.0 Å². The summed E-state index contributed by atoms with van der Waals surface area (Å²) in [5.74, 6) is 0. The predicted octanol–water partition coefficient (Wildman–Crippen LogP) is 2.59. The Morgan fingerprint density at radius 3 is 2.43 bits per heavy atom. The van der Waals surface area contributed by atoms with Gasteiger partial charge in [0.25, 0.3) is 5.56 Å². The van der Waals surface area contributed by atoms with Gasteiger partial charge in [0.15, 0.2) is 0 Å². The molecule has 3 rings (SSSR count). The number of aromatic nitrogens is 3. The number of nitrogens with one attached hydrogen (secondary N) is 1. The molecule has 0 amide bonds. The number of fused-ring (bicyclic) bond motifs is 1. The van der Waals surface area contributed by atoms with Gasteiger partial charge in [-0.25, -0.2) is 13.4 Å². The van der Waals surface area contributed by atoms with E-state index >= 15 is 0 Å². The summed E-state index contributed by atoms with van der Waals surface area (Å²) in [6.45, 7) is 8.94. The number of rotatable bonds is 9. The number of sulfonamides is 1. The van der Waals surface area contributed by atoms with E-state index in [0.29, 0.717) is 35.2 Å². The molecule has 162 valence electrons. The van der Waals surface area contributed by atoms with Crippen LogP contribution < -0.4 is 10.9 Å². The summed E-state index contributed by atoms with van der Waals surface area (Å²) in [7, 11) is -3.46. The summed E-state index contributed by atoms with van der Waals surface area (Å²) >= 11 is 1.42. The van der Waals surface area contributed by atoms with Crippen molar-refractivity contribution in [2.75, 3.05) is 13.1 Å². The fourth-order valence-electron chi connectivity index (χ4n) is 3.15. The van der Waals surface area contributed by atoms with E-state index in [1.165, 1.54) is 26.2 Å². The number of hydrogen-bond donors (Lipinski definition) is 1. The Morgan fingerprint density at radius 1 is 1.17 bits per heavy atom. The molecule has 1 unspecified atom stereocenters. The monoisotopic (exact) mass is 449 g/mol. The molecule has 0 spiro atoms. The van der Waals surface area contributed by atoms with Crippen molar-refractivity contribution in [1.29, 1.82) is 0 Å². The van der Waals surface area contributed by atoms with Crippen LogP contribution in [0.25, 0.3) is 4.96 Å². The zero-order valence-corrected chi connectivity index (χ0v) is 19.3. The van der Waals surface area contributed by atoms with Gasteiger partial charge in [0.05, 0.1) is 10.6 Å². The largest absolute Gasteiger partial charge is 0.305 e. The van der Waals surface area contributed by atoms with Gasteiger partial charge in [-0.15, -0.1) is 0 Å². The molecule has 2 aromatic heterocycles. The first-order valence-electron chi connectivity index (χ1n) is 10.0. The maximum Gasteiger partial charge on any atom is 0.275 e. The lowest BCUT2D eigenvalue weighted by molar-refractivity contribution is 0.445. The average Bonchev–Trinajstić information content (AvgIpc) is 3.17. The van der Waals surface area contributed by atoms with E-state index in [1.54, 1.807) is 12.1 Å². The van der Waals surface area contributed by atoms with Crippen LogP contribution in [0.4, 0.5) is 0 Å². The van der Waals surface area contributed by atoms with Crippen LogP contribution in [0.2, 0.25) is 0 Å². The molecule has 3 aromatic rings. The molecule has 2 heterocycles. The summed E-state index contributed by atoms with van der Waals surface area (Å²) < 4.78 is 28.0. The highest BCUT2D eigenvalue weighted by Gasteiger charge is 2.21. The summed E-state index contributed by atoms with van der Waals surface area (Å²) in [4.78, 5) is 17.7. The minimum Gasteiger partial charge on any atom is -0.305 e. The fraction of sp³-hybridized carbons (Fsp3) is 0.450. The number of nitrogens with zero attached hydrogens (tertiary/aromatic N) is 4. The summed E-state index contributed by atoms with van der Waals surface area (Å²) in [6.07, 6.45) is 0.762. The molecular weight excluding hydrogens is 422 g/mol. The van der Waals surface area contributed by atoms with E-state index in [1.807, 2.05) is 39.8 Å². The zero-order chi connectivity index (χ0) is 21.9. The Labute approximate surface area is 180 Å². The minimum atomic E-state index is -3.46. The second-order valence-corrected chi connectivity index (χ2v) is 9.87. The molecule has 8 nitrogen and oxygen atoms in total. The molecular formula is C20H27N5O3S2. The molecule has 0 radical (unpaired) electrons. The standard InChI is InChI=1S/C20H27N5O3S2/c1-5-18-23-25-19(26)12-16(22-20(25)29-18)13-21-14(4)15-8-10-17(11-9-15)30(27,28)24(6-2)7-3/h8-12,14,21H,5-7,13H2,1-4H3. The molecule has 1 N–H and O–H groups in total. The molecule has 0 aliphatic rings. The maximum atomic E-state index is 12.6. The molecule has 0 saturated heterocycles. The summed E-state index contributed by atoms with van der Waals surface area (Å²) in [5, 5.41) is 8.47. The van der Waals surface area contributed by atoms with Gasteiger partial charge in [-0.1, -0.05) is 44.2 Å². The van der Waals surface area contributed by atoms with Crippen LogP contribution >= 0.6 is 11.3 Å². The van der Waals surface area contributed by atoms with E-state index in [4.69, 9.17) is 0 Å². The van der Waals surface area contributed by atoms with Crippen LogP contribution in [0.5, 0.6) is 0 Å². The molecule has 30 heavy (non-hydrogen) atoms. The SMILES string of the molecule is CCc1nn2c(=O)cc(CNC(C)c3ccc(S(=O)(=O)N(CC)CC)cc3)nc2s1. The lowest BCUT2D eigenvalue weighted by Crippen LogP contribution is -2.30. The number of hydrogen-bond acceptors (Lipinski definition) is 7. The third-order valence-electron chi connectivity index (χ3n) is 4.96. The van der Waals surface area contributed by atoms with Crippen LogP contribution in [0.15, 0.2) is 40.0 Å². The molecule has 0 aliphatic carbocycles. The third-order valence-corrected chi connectivity index (χ3v) is 8.07. The van der Waals surface area contributed by atoms with E-state index < -0.39 is 10.0 Å². The van der Waals surface area contributed by atoms with E-state index in [-0.39, 0.29) is 11.6 Å². The summed E-state index contributed by atoms with van der Waals surface area (Å²) in [6, 6.07) is 8.37. The third kappa shape index (κ3) is 4.61. The molecule has 1 atom stereocenters. The number of aryl methyl sites for hydroxylation is 1. The molecule has 0 aliphatic heterocycles. The van der Waals surface area contributed by atoms with Crippen molar-refractivity contribution in [3.8, 4) is 0 Å². The molecule has 0 fully saturated rings. The molecule has 1 aromatic carbocycles. The van der Waals surface area contributed by atoms with E-state index in [0.717, 1.165) is 17.0 Å². The van der Waals surface area contributed by atoms with Crippen LogP contribution in [-0.4, -0.2) is 40.4 Å². The van der Waals surface area contributed by atoms with Crippen LogP contribution in [0.1, 0.15) is 50.0 Å². The first-order valence-corrected chi connectivity index (χ1v) is 12.3.